The predicted octanol–water partition coefficient (Wildman–Crippen LogP) is 2.32. The lowest BCUT2D eigenvalue weighted by atomic mass is 9.80. The van der Waals surface area contributed by atoms with Gasteiger partial charge in [-0.05, 0) is 35.8 Å². The molecule has 0 fully saturated rings. The second-order valence-electron chi connectivity index (χ2n) is 4.20. The third-order valence-electron chi connectivity index (χ3n) is 2.62. The molecule has 0 saturated heterocycles. The van der Waals surface area contributed by atoms with Crippen LogP contribution in [0.5, 0.6) is 0 Å². The Balaban J connectivity index is 2.06. The normalized spacial score (nSPS) is 10.1. The van der Waals surface area contributed by atoms with E-state index in [1.165, 1.54) is 18.2 Å². The fourth-order valence-corrected chi connectivity index (χ4v) is 2.11. The molecule has 0 radical (unpaired) electrons. The summed E-state index contributed by atoms with van der Waals surface area (Å²) in [7, 11) is -1.60. The van der Waals surface area contributed by atoms with Gasteiger partial charge in [0.2, 0.25) is 0 Å². The number of halogens is 2. The Morgan fingerprint density at radius 3 is 2.48 bits per heavy atom. The van der Waals surface area contributed by atoms with Crippen LogP contribution < -0.4 is 16.1 Å². The Kier molecular flexibility index (Phi) is 5.09. The van der Waals surface area contributed by atoms with Gasteiger partial charge in [0.1, 0.15) is 0 Å². The van der Waals surface area contributed by atoms with Crippen LogP contribution in [0.25, 0.3) is 0 Å². The summed E-state index contributed by atoms with van der Waals surface area (Å²) in [6.45, 7) is 0. The minimum Gasteiger partial charge on any atom is -0.423 e. The molecule has 0 bridgehead atoms. The summed E-state index contributed by atoms with van der Waals surface area (Å²) < 4.78 is 0. The number of carbonyl (C=O) groups excluding carboxylic acids is 1. The maximum atomic E-state index is 11.9. The Morgan fingerprint density at radius 1 is 1.05 bits per heavy atom. The highest BCUT2D eigenvalue weighted by atomic mass is 35.5. The quantitative estimate of drug-likeness (QED) is 0.654. The van der Waals surface area contributed by atoms with Crippen LogP contribution in [-0.4, -0.2) is 23.2 Å². The topological polar surface area (TPSA) is 81.6 Å². The molecule has 0 atom stereocenters. The lowest BCUT2D eigenvalue weighted by Crippen LogP contribution is -2.30. The van der Waals surface area contributed by atoms with Gasteiger partial charge in [-0.3, -0.25) is 0 Å². The molecule has 2 amide bonds. The molecule has 0 aliphatic rings. The molecule has 0 aliphatic carbocycles. The molecule has 2 aromatic carbocycles. The highest BCUT2D eigenvalue weighted by Gasteiger charge is 2.12. The van der Waals surface area contributed by atoms with Crippen molar-refractivity contribution in [1.82, 2.24) is 0 Å². The number of urea groups is 1. The summed E-state index contributed by atoms with van der Waals surface area (Å²) in [6.07, 6.45) is 0. The Labute approximate surface area is 131 Å². The van der Waals surface area contributed by atoms with Gasteiger partial charge >= 0.3 is 13.1 Å². The summed E-state index contributed by atoms with van der Waals surface area (Å²) in [5, 5.41) is 24.1. The maximum Gasteiger partial charge on any atom is 0.488 e. The van der Waals surface area contributed by atoms with E-state index >= 15 is 0 Å². The first-order valence-corrected chi connectivity index (χ1v) is 6.70. The first kappa shape index (κ1) is 15.7. The van der Waals surface area contributed by atoms with Crippen molar-refractivity contribution >= 4 is 53.2 Å². The molecule has 0 saturated carbocycles. The standard InChI is InChI=1S/C13H11BCl2N2O3/c15-9-4-5-12(11(16)7-9)18-13(19)17-10-3-1-2-8(6-10)14(20)21/h1-7,20-21H,(H2,17,18,19). The van der Waals surface area contributed by atoms with E-state index in [9.17, 15) is 4.79 Å². The predicted molar refractivity (Wildman–Crippen MR) is 85.4 cm³/mol. The number of anilines is 2. The van der Waals surface area contributed by atoms with E-state index in [0.717, 1.165) is 0 Å². The van der Waals surface area contributed by atoms with Crippen molar-refractivity contribution in [2.75, 3.05) is 10.6 Å². The number of benzene rings is 2. The summed E-state index contributed by atoms with van der Waals surface area (Å²) in [6, 6.07) is 10.4. The van der Waals surface area contributed by atoms with Crippen LogP contribution in [0.4, 0.5) is 16.2 Å². The van der Waals surface area contributed by atoms with Gasteiger partial charge in [0.15, 0.2) is 0 Å². The monoisotopic (exact) mass is 324 g/mol. The SMILES string of the molecule is O=C(Nc1cccc(B(O)O)c1)Nc1ccc(Cl)cc1Cl. The minimum absolute atomic E-state index is 0.275. The van der Waals surface area contributed by atoms with E-state index in [1.807, 2.05) is 0 Å². The van der Waals surface area contributed by atoms with E-state index in [4.69, 9.17) is 33.2 Å². The summed E-state index contributed by atoms with van der Waals surface area (Å²) in [5.74, 6) is 0. The zero-order chi connectivity index (χ0) is 15.4. The van der Waals surface area contributed by atoms with Gasteiger partial charge < -0.3 is 20.7 Å². The van der Waals surface area contributed by atoms with Crippen LogP contribution in [0.15, 0.2) is 42.5 Å². The highest BCUT2D eigenvalue weighted by molar-refractivity contribution is 6.58. The van der Waals surface area contributed by atoms with Crippen molar-refractivity contribution in [1.29, 1.82) is 0 Å². The fourth-order valence-electron chi connectivity index (χ4n) is 1.65. The molecule has 2 aromatic rings. The summed E-state index contributed by atoms with van der Waals surface area (Å²) in [5.41, 5.74) is 1.11. The first-order chi connectivity index (χ1) is 9.95. The van der Waals surface area contributed by atoms with Crippen LogP contribution in [0.2, 0.25) is 10.0 Å². The number of hydrogen-bond donors (Lipinski definition) is 4. The molecular formula is C13H11BCl2N2O3. The molecule has 0 heterocycles. The second-order valence-corrected chi connectivity index (χ2v) is 5.05. The van der Waals surface area contributed by atoms with Crippen molar-refractivity contribution in [3.05, 3.63) is 52.5 Å². The molecule has 0 aromatic heterocycles. The molecule has 0 spiro atoms. The number of rotatable bonds is 3. The molecular weight excluding hydrogens is 314 g/mol. The van der Waals surface area contributed by atoms with Crippen LogP contribution in [-0.2, 0) is 0 Å². The number of nitrogens with one attached hydrogen (secondary N) is 2. The largest absolute Gasteiger partial charge is 0.488 e. The third kappa shape index (κ3) is 4.37. The second kappa shape index (κ2) is 6.82. The fraction of sp³-hybridized carbons (Fsp3) is 0. The van der Waals surface area contributed by atoms with E-state index in [2.05, 4.69) is 10.6 Å². The van der Waals surface area contributed by atoms with E-state index in [0.29, 0.717) is 21.4 Å². The Hall–Kier alpha value is -1.73. The van der Waals surface area contributed by atoms with Crippen molar-refractivity contribution in [2.45, 2.75) is 0 Å². The zero-order valence-corrected chi connectivity index (χ0v) is 12.2. The summed E-state index contributed by atoms with van der Waals surface area (Å²) in [4.78, 5) is 11.9. The minimum atomic E-state index is -1.60. The van der Waals surface area contributed by atoms with Gasteiger partial charge in [-0.25, -0.2) is 4.79 Å². The van der Waals surface area contributed by atoms with Crippen LogP contribution in [0, 0.1) is 0 Å². The Morgan fingerprint density at radius 2 is 1.81 bits per heavy atom. The third-order valence-corrected chi connectivity index (χ3v) is 3.17. The van der Waals surface area contributed by atoms with Crippen molar-refractivity contribution in [3.63, 3.8) is 0 Å². The van der Waals surface area contributed by atoms with Gasteiger partial charge in [-0.15, -0.1) is 0 Å². The average Bonchev–Trinajstić information content (AvgIpc) is 2.42. The highest BCUT2D eigenvalue weighted by Crippen LogP contribution is 2.25. The molecule has 5 nitrogen and oxygen atoms in total. The molecule has 8 heteroatoms. The molecule has 0 aliphatic heterocycles. The summed E-state index contributed by atoms with van der Waals surface area (Å²) >= 11 is 11.7. The number of carbonyl (C=O) groups is 1. The van der Waals surface area contributed by atoms with Crippen LogP contribution >= 0.6 is 23.2 Å². The zero-order valence-electron chi connectivity index (χ0n) is 10.7. The van der Waals surface area contributed by atoms with Crippen LogP contribution in [0.3, 0.4) is 0 Å². The van der Waals surface area contributed by atoms with Gasteiger partial charge in [-0.1, -0.05) is 35.3 Å². The van der Waals surface area contributed by atoms with Gasteiger partial charge in [0.25, 0.3) is 0 Å². The van der Waals surface area contributed by atoms with Crippen molar-refractivity contribution < 1.29 is 14.8 Å². The van der Waals surface area contributed by atoms with Gasteiger partial charge in [-0.2, -0.15) is 0 Å². The van der Waals surface area contributed by atoms with E-state index in [-0.39, 0.29) is 5.46 Å². The van der Waals surface area contributed by atoms with Gasteiger partial charge in [0.05, 0.1) is 10.7 Å². The van der Waals surface area contributed by atoms with Gasteiger partial charge in [0, 0.05) is 10.7 Å². The molecule has 4 N–H and O–H groups in total. The number of hydrogen-bond acceptors (Lipinski definition) is 3. The maximum absolute atomic E-state index is 11.9. The average molecular weight is 325 g/mol. The smallest absolute Gasteiger partial charge is 0.423 e. The Bertz CT molecular complexity index is 668. The lowest BCUT2D eigenvalue weighted by molar-refractivity contribution is 0.262. The van der Waals surface area contributed by atoms with Crippen molar-refractivity contribution in [2.24, 2.45) is 0 Å². The molecule has 0 unspecified atom stereocenters. The molecule has 2 rings (SSSR count). The van der Waals surface area contributed by atoms with E-state index < -0.39 is 13.1 Å². The molecule has 108 valence electrons. The van der Waals surface area contributed by atoms with E-state index in [1.54, 1.807) is 24.3 Å². The number of amides is 2. The van der Waals surface area contributed by atoms with Crippen LogP contribution in [0.1, 0.15) is 0 Å². The molecule has 21 heavy (non-hydrogen) atoms. The first-order valence-electron chi connectivity index (χ1n) is 5.95. The lowest BCUT2D eigenvalue weighted by Gasteiger charge is -2.10. The van der Waals surface area contributed by atoms with Crippen molar-refractivity contribution in [3.8, 4) is 0 Å².